The van der Waals surface area contributed by atoms with Crippen LogP contribution in [0.25, 0.3) is 0 Å². The van der Waals surface area contributed by atoms with E-state index in [1.165, 1.54) is 0 Å². The van der Waals surface area contributed by atoms with Crippen molar-refractivity contribution >= 4 is 5.91 Å². The van der Waals surface area contributed by atoms with Gasteiger partial charge in [0.05, 0.1) is 13.2 Å². The lowest BCUT2D eigenvalue weighted by atomic mass is 10.3. The summed E-state index contributed by atoms with van der Waals surface area (Å²) in [5.41, 5.74) is 0. The molecular formula is C12H28N4O3. The minimum Gasteiger partial charge on any atom is -0.395 e. The lowest BCUT2D eigenvalue weighted by molar-refractivity contribution is -0.121. The molecular weight excluding hydrogens is 248 g/mol. The summed E-state index contributed by atoms with van der Waals surface area (Å²) >= 11 is 0. The Bertz CT molecular complexity index is 211. The van der Waals surface area contributed by atoms with Crippen LogP contribution in [-0.2, 0) is 4.79 Å². The molecule has 0 saturated heterocycles. The van der Waals surface area contributed by atoms with Crippen LogP contribution in [0.15, 0.2) is 0 Å². The topological polar surface area (TPSA) is 96.9 Å². The van der Waals surface area contributed by atoms with Crippen molar-refractivity contribution in [1.82, 2.24) is 20.9 Å². The fourth-order valence-corrected chi connectivity index (χ4v) is 1.59. The molecule has 0 aliphatic carbocycles. The summed E-state index contributed by atoms with van der Waals surface area (Å²) in [7, 11) is 1.90. The summed E-state index contributed by atoms with van der Waals surface area (Å²) in [4.78, 5) is 13.4. The van der Waals surface area contributed by atoms with Crippen molar-refractivity contribution in [3.63, 3.8) is 0 Å². The highest BCUT2D eigenvalue weighted by Gasteiger charge is 2.06. The van der Waals surface area contributed by atoms with E-state index >= 15 is 0 Å². The van der Waals surface area contributed by atoms with Crippen molar-refractivity contribution in [2.75, 3.05) is 66.1 Å². The van der Waals surface area contributed by atoms with Gasteiger partial charge in [0.1, 0.15) is 0 Å². The molecule has 7 nitrogen and oxygen atoms in total. The van der Waals surface area contributed by atoms with Gasteiger partial charge in [-0.25, -0.2) is 0 Å². The highest BCUT2D eigenvalue weighted by Crippen LogP contribution is 1.90. The molecule has 0 aliphatic heterocycles. The quantitative estimate of drug-likeness (QED) is 0.240. The fraction of sp³-hybridized carbons (Fsp3) is 0.917. The number of likely N-dealkylation sites (N-methyl/N-ethyl adjacent to an activating group) is 1. The molecule has 19 heavy (non-hydrogen) atoms. The van der Waals surface area contributed by atoms with E-state index in [2.05, 4.69) is 16.0 Å². The SMILES string of the molecule is CNCCNCCNC(=O)CCN(CCO)CCO. The Hall–Kier alpha value is -0.730. The number of rotatable bonds is 13. The second kappa shape index (κ2) is 13.7. The van der Waals surface area contributed by atoms with Crippen LogP contribution < -0.4 is 16.0 Å². The molecule has 7 heteroatoms. The van der Waals surface area contributed by atoms with Crippen molar-refractivity contribution in [1.29, 1.82) is 0 Å². The van der Waals surface area contributed by atoms with E-state index in [0.717, 1.165) is 19.6 Å². The largest absolute Gasteiger partial charge is 0.395 e. The number of carbonyl (C=O) groups excluding carboxylic acids is 1. The Morgan fingerprint density at radius 3 is 2.21 bits per heavy atom. The number of hydrogen-bond acceptors (Lipinski definition) is 6. The van der Waals surface area contributed by atoms with Crippen molar-refractivity contribution < 1.29 is 15.0 Å². The molecule has 0 spiro atoms. The Morgan fingerprint density at radius 1 is 1.00 bits per heavy atom. The van der Waals surface area contributed by atoms with Crippen LogP contribution in [0.5, 0.6) is 0 Å². The average Bonchev–Trinajstić information content (AvgIpc) is 2.40. The van der Waals surface area contributed by atoms with Gasteiger partial charge in [-0.05, 0) is 7.05 Å². The van der Waals surface area contributed by atoms with E-state index in [1.54, 1.807) is 0 Å². The predicted molar refractivity (Wildman–Crippen MR) is 75.0 cm³/mol. The molecule has 0 bridgehead atoms. The van der Waals surface area contributed by atoms with Gasteiger partial charge in [-0.2, -0.15) is 0 Å². The van der Waals surface area contributed by atoms with Crippen LogP contribution in [0.4, 0.5) is 0 Å². The van der Waals surface area contributed by atoms with E-state index in [-0.39, 0.29) is 19.1 Å². The van der Waals surface area contributed by atoms with Crippen LogP contribution in [0.3, 0.4) is 0 Å². The molecule has 114 valence electrons. The van der Waals surface area contributed by atoms with Crippen LogP contribution in [0.2, 0.25) is 0 Å². The van der Waals surface area contributed by atoms with E-state index < -0.39 is 0 Å². The zero-order chi connectivity index (χ0) is 14.3. The lowest BCUT2D eigenvalue weighted by Crippen LogP contribution is -2.37. The van der Waals surface area contributed by atoms with Gasteiger partial charge in [0.25, 0.3) is 0 Å². The molecule has 1 amide bonds. The van der Waals surface area contributed by atoms with Gasteiger partial charge < -0.3 is 26.2 Å². The highest BCUT2D eigenvalue weighted by atomic mass is 16.3. The third-order valence-electron chi connectivity index (χ3n) is 2.66. The maximum Gasteiger partial charge on any atom is 0.221 e. The molecule has 0 radical (unpaired) electrons. The van der Waals surface area contributed by atoms with Gasteiger partial charge in [-0.1, -0.05) is 0 Å². The molecule has 0 aliphatic rings. The maximum absolute atomic E-state index is 11.5. The first kappa shape index (κ1) is 18.3. The highest BCUT2D eigenvalue weighted by molar-refractivity contribution is 5.76. The summed E-state index contributed by atoms with van der Waals surface area (Å²) in [6, 6.07) is 0. The summed E-state index contributed by atoms with van der Waals surface area (Å²) < 4.78 is 0. The fourth-order valence-electron chi connectivity index (χ4n) is 1.59. The minimum absolute atomic E-state index is 0.00343. The van der Waals surface area contributed by atoms with E-state index in [0.29, 0.717) is 32.6 Å². The van der Waals surface area contributed by atoms with Gasteiger partial charge in [-0.15, -0.1) is 0 Å². The second-order valence-corrected chi connectivity index (χ2v) is 4.24. The van der Waals surface area contributed by atoms with Crippen LogP contribution >= 0.6 is 0 Å². The standard InChI is InChI=1S/C12H28N4O3/c1-13-3-4-14-5-6-15-12(19)2-7-16(8-10-17)9-11-18/h13-14,17-18H,2-11H2,1H3,(H,15,19). The predicted octanol–water partition coefficient (Wildman–Crippen LogP) is -2.41. The first-order chi connectivity index (χ1) is 9.24. The second-order valence-electron chi connectivity index (χ2n) is 4.24. The summed E-state index contributed by atoms with van der Waals surface area (Å²) in [5, 5.41) is 26.7. The van der Waals surface area contributed by atoms with Crippen molar-refractivity contribution in [3.8, 4) is 0 Å². The number of hydrogen-bond donors (Lipinski definition) is 5. The molecule has 0 fully saturated rings. The van der Waals surface area contributed by atoms with Crippen molar-refractivity contribution in [3.05, 3.63) is 0 Å². The minimum atomic E-state index is -0.00343. The number of aliphatic hydroxyl groups excluding tert-OH is 2. The number of nitrogens with one attached hydrogen (secondary N) is 3. The summed E-state index contributed by atoms with van der Waals surface area (Å²) in [6.45, 7) is 4.76. The number of amides is 1. The molecule has 0 aromatic heterocycles. The Kier molecular flexibility index (Phi) is 13.2. The molecule has 0 atom stereocenters. The number of aliphatic hydroxyl groups is 2. The van der Waals surface area contributed by atoms with Gasteiger partial charge >= 0.3 is 0 Å². The molecule has 0 heterocycles. The Labute approximate surface area is 115 Å². The zero-order valence-electron chi connectivity index (χ0n) is 11.8. The third-order valence-corrected chi connectivity index (χ3v) is 2.66. The Balaban J connectivity index is 3.50. The van der Waals surface area contributed by atoms with E-state index in [4.69, 9.17) is 10.2 Å². The van der Waals surface area contributed by atoms with Crippen molar-refractivity contribution in [2.45, 2.75) is 6.42 Å². The average molecular weight is 276 g/mol. The number of carbonyl (C=O) groups is 1. The zero-order valence-corrected chi connectivity index (χ0v) is 11.8. The molecule has 0 aromatic carbocycles. The normalized spacial score (nSPS) is 10.9. The smallest absolute Gasteiger partial charge is 0.221 e. The van der Waals surface area contributed by atoms with Gasteiger partial charge in [0.2, 0.25) is 5.91 Å². The summed E-state index contributed by atoms with van der Waals surface area (Å²) in [5.74, 6) is -0.00343. The molecule has 0 saturated carbocycles. The van der Waals surface area contributed by atoms with Crippen molar-refractivity contribution in [2.24, 2.45) is 0 Å². The van der Waals surface area contributed by atoms with E-state index in [1.807, 2.05) is 11.9 Å². The summed E-state index contributed by atoms with van der Waals surface area (Å²) in [6.07, 6.45) is 0.385. The monoisotopic (exact) mass is 276 g/mol. The maximum atomic E-state index is 11.5. The first-order valence-electron chi connectivity index (χ1n) is 6.80. The van der Waals surface area contributed by atoms with E-state index in [9.17, 15) is 4.79 Å². The van der Waals surface area contributed by atoms with Crippen LogP contribution in [-0.4, -0.2) is 87.1 Å². The van der Waals surface area contributed by atoms with Gasteiger partial charge in [0, 0.05) is 52.2 Å². The molecule has 0 aromatic rings. The number of nitrogens with zero attached hydrogens (tertiary/aromatic N) is 1. The Morgan fingerprint density at radius 2 is 1.63 bits per heavy atom. The van der Waals surface area contributed by atoms with Gasteiger partial charge in [-0.3, -0.25) is 9.69 Å². The molecule has 0 rings (SSSR count). The third kappa shape index (κ3) is 12.1. The molecule has 5 N–H and O–H groups in total. The van der Waals surface area contributed by atoms with Crippen LogP contribution in [0, 0.1) is 0 Å². The van der Waals surface area contributed by atoms with Gasteiger partial charge in [0.15, 0.2) is 0 Å². The molecule has 0 unspecified atom stereocenters. The first-order valence-corrected chi connectivity index (χ1v) is 6.80. The van der Waals surface area contributed by atoms with Crippen LogP contribution in [0.1, 0.15) is 6.42 Å². The lowest BCUT2D eigenvalue weighted by Gasteiger charge is -2.19.